The molecule has 1 heterocycles. The third kappa shape index (κ3) is 3.57. The van der Waals surface area contributed by atoms with Crippen LogP contribution in [-0.4, -0.2) is 16.1 Å². The fraction of sp³-hybridized carbons (Fsp3) is 0.333. The number of rotatable bonds is 6. The number of carbonyl (C=O) groups is 1. The third-order valence-corrected chi connectivity index (χ3v) is 3.91. The highest BCUT2D eigenvalue weighted by molar-refractivity contribution is 7.15. The number of hydrogen-bond acceptors (Lipinski definition) is 4. The van der Waals surface area contributed by atoms with Gasteiger partial charge in [-0.3, -0.25) is 0 Å². The monoisotopic (exact) mass is 290 g/mol. The SMILES string of the molecule is CCCCc1ccc(Nc2nc(C(=O)O)c(C)s2)cc1. The van der Waals surface area contributed by atoms with Gasteiger partial charge in [0.15, 0.2) is 10.8 Å². The third-order valence-electron chi connectivity index (χ3n) is 3.02. The molecular weight excluding hydrogens is 272 g/mol. The quantitative estimate of drug-likeness (QED) is 0.835. The summed E-state index contributed by atoms with van der Waals surface area (Å²) in [5.74, 6) is -0.985. The molecule has 2 rings (SSSR count). The van der Waals surface area contributed by atoms with E-state index in [-0.39, 0.29) is 5.69 Å². The topological polar surface area (TPSA) is 62.2 Å². The molecule has 0 saturated heterocycles. The predicted molar refractivity (Wildman–Crippen MR) is 82.1 cm³/mol. The molecule has 2 aromatic rings. The van der Waals surface area contributed by atoms with E-state index in [0.717, 1.165) is 12.1 Å². The number of nitrogens with one attached hydrogen (secondary N) is 1. The Morgan fingerprint density at radius 3 is 2.60 bits per heavy atom. The molecule has 0 aliphatic rings. The average Bonchev–Trinajstić information content (AvgIpc) is 2.79. The van der Waals surface area contributed by atoms with Gasteiger partial charge in [-0.25, -0.2) is 9.78 Å². The van der Waals surface area contributed by atoms with Crippen molar-refractivity contribution in [1.82, 2.24) is 4.98 Å². The minimum Gasteiger partial charge on any atom is -0.476 e. The molecule has 0 amide bonds. The Morgan fingerprint density at radius 1 is 1.35 bits per heavy atom. The molecule has 0 aliphatic carbocycles. The lowest BCUT2D eigenvalue weighted by molar-refractivity contribution is 0.0690. The number of benzene rings is 1. The van der Waals surface area contributed by atoms with Crippen LogP contribution in [0.25, 0.3) is 0 Å². The molecule has 5 heteroatoms. The zero-order valence-corrected chi connectivity index (χ0v) is 12.5. The minimum atomic E-state index is -0.985. The van der Waals surface area contributed by atoms with Crippen LogP contribution >= 0.6 is 11.3 Å². The van der Waals surface area contributed by atoms with Crippen molar-refractivity contribution >= 4 is 28.1 Å². The largest absolute Gasteiger partial charge is 0.476 e. The smallest absolute Gasteiger partial charge is 0.355 e. The maximum Gasteiger partial charge on any atom is 0.355 e. The lowest BCUT2D eigenvalue weighted by Crippen LogP contribution is -1.99. The van der Waals surface area contributed by atoms with Gasteiger partial charge in [0, 0.05) is 10.6 Å². The summed E-state index contributed by atoms with van der Waals surface area (Å²) in [6.45, 7) is 3.95. The van der Waals surface area contributed by atoms with E-state index < -0.39 is 5.97 Å². The predicted octanol–water partition coefficient (Wildman–Crippen LogP) is 4.24. The number of hydrogen-bond donors (Lipinski definition) is 2. The standard InChI is InChI=1S/C15H18N2O2S/c1-3-4-5-11-6-8-12(9-7-11)16-15-17-13(14(18)19)10(2)20-15/h6-9H,3-5H2,1-2H3,(H,16,17)(H,18,19). The molecular formula is C15H18N2O2S. The summed E-state index contributed by atoms with van der Waals surface area (Å²) in [4.78, 5) is 15.7. The van der Waals surface area contributed by atoms with Gasteiger partial charge in [0.05, 0.1) is 0 Å². The van der Waals surface area contributed by atoms with Crippen LogP contribution in [0.4, 0.5) is 10.8 Å². The van der Waals surface area contributed by atoms with E-state index in [1.165, 1.54) is 29.7 Å². The lowest BCUT2D eigenvalue weighted by Gasteiger charge is -2.04. The Kier molecular flexibility index (Phi) is 4.74. The number of carboxylic acid groups (broad SMARTS) is 1. The number of anilines is 2. The Morgan fingerprint density at radius 2 is 2.05 bits per heavy atom. The number of nitrogens with zero attached hydrogens (tertiary/aromatic N) is 1. The number of carboxylic acids is 1. The summed E-state index contributed by atoms with van der Waals surface area (Å²) in [6.07, 6.45) is 3.48. The van der Waals surface area contributed by atoms with Gasteiger partial charge >= 0.3 is 5.97 Å². The van der Waals surface area contributed by atoms with Crippen molar-refractivity contribution in [3.05, 3.63) is 40.4 Å². The highest BCUT2D eigenvalue weighted by Crippen LogP contribution is 2.25. The fourth-order valence-corrected chi connectivity index (χ4v) is 2.73. The van der Waals surface area contributed by atoms with E-state index >= 15 is 0 Å². The zero-order valence-electron chi connectivity index (χ0n) is 11.6. The fourth-order valence-electron chi connectivity index (χ4n) is 1.91. The first-order chi connectivity index (χ1) is 9.60. The van der Waals surface area contributed by atoms with Gasteiger partial charge in [0.2, 0.25) is 0 Å². The van der Waals surface area contributed by atoms with E-state index in [1.807, 2.05) is 12.1 Å². The minimum absolute atomic E-state index is 0.122. The van der Waals surface area contributed by atoms with Crippen molar-refractivity contribution in [2.75, 3.05) is 5.32 Å². The molecule has 106 valence electrons. The highest BCUT2D eigenvalue weighted by atomic mass is 32.1. The van der Waals surface area contributed by atoms with Crippen molar-refractivity contribution in [2.45, 2.75) is 33.1 Å². The summed E-state index contributed by atoms with van der Waals surface area (Å²) >= 11 is 1.35. The number of aromatic carboxylic acids is 1. The molecule has 0 radical (unpaired) electrons. The van der Waals surface area contributed by atoms with Crippen LogP contribution in [0, 0.1) is 6.92 Å². The molecule has 2 N–H and O–H groups in total. The van der Waals surface area contributed by atoms with Gasteiger partial charge in [-0.05, 0) is 37.5 Å². The van der Waals surface area contributed by atoms with Crippen molar-refractivity contribution in [3.63, 3.8) is 0 Å². The van der Waals surface area contributed by atoms with E-state index in [9.17, 15) is 4.79 Å². The first-order valence-electron chi connectivity index (χ1n) is 6.67. The van der Waals surface area contributed by atoms with Crippen LogP contribution in [0.15, 0.2) is 24.3 Å². The van der Waals surface area contributed by atoms with Crippen molar-refractivity contribution < 1.29 is 9.90 Å². The van der Waals surface area contributed by atoms with E-state index in [1.54, 1.807) is 6.92 Å². The molecule has 1 aromatic carbocycles. The van der Waals surface area contributed by atoms with Gasteiger partial charge in [-0.1, -0.05) is 25.5 Å². The lowest BCUT2D eigenvalue weighted by atomic mass is 10.1. The van der Waals surface area contributed by atoms with Crippen molar-refractivity contribution in [3.8, 4) is 0 Å². The van der Waals surface area contributed by atoms with Gasteiger partial charge in [0.25, 0.3) is 0 Å². The van der Waals surface area contributed by atoms with Crippen LogP contribution < -0.4 is 5.32 Å². The summed E-state index contributed by atoms with van der Waals surface area (Å²) in [7, 11) is 0. The maximum atomic E-state index is 10.9. The zero-order chi connectivity index (χ0) is 14.5. The van der Waals surface area contributed by atoms with Crippen LogP contribution in [0.1, 0.15) is 40.7 Å². The molecule has 0 saturated carbocycles. The van der Waals surface area contributed by atoms with E-state index in [4.69, 9.17) is 5.11 Å². The van der Waals surface area contributed by atoms with Crippen molar-refractivity contribution in [2.24, 2.45) is 0 Å². The molecule has 0 atom stereocenters. The van der Waals surface area contributed by atoms with Gasteiger partial charge < -0.3 is 10.4 Å². The van der Waals surface area contributed by atoms with E-state index in [0.29, 0.717) is 10.0 Å². The van der Waals surface area contributed by atoms with Crippen LogP contribution in [-0.2, 0) is 6.42 Å². The highest BCUT2D eigenvalue weighted by Gasteiger charge is 2.13. The Balaban J connectivity index is 2.06. The normalized spacial score (nSPS) is 10.5. The second-order valence-electron chi connectivity index (χ2n) is 4.65. The number of aryl methyl sites for hydroxylation is 2. The van der Waals surface area contributed by atoms with Crippen LogP contribution in [0.5, 0.6) is 0 Å². The molecule has 1 aromatic heterocycles. The Bertz CT molecular complexity index is 590. The summed E-state index contributed by atoms with van der Waals surface area (Å²) in [6, 6.07) is 8.19. The number of aromatic nitrogens is 1. The maximum absolute atomic E-state index is 10.9. The summed E-state index contributed by atoms with van der Waals surface area (Å²) < 4.78 is 0. The Labute approximate surface area is 122 Å². The first-order valence-corrected chi connectivity index (χ1v) is 7.48. The van der Waals surface area contributed by atoms with Gasteiger partial charge in [0.1, 0.15) is 0 Å². The second kappa shape index (κ2) is 6.52. The van der Waals surface area contributed by atoms with Crippen molar-refractivity contribution in [1.29, 1.82) is 0 Å². The average molecular weight is 290 g/mol. The second-order valence-corrected chi connectivity index (χ2v) is 5.86. The molecule has 0 fully saturated rings. The summed E-state index contributed by atoms with van der Waals surface area (Å²) in [5, 5.41) is 12.7. The summed E-state index contributed by atoms with van der Waals surface area (Å²) in [5.41, 5.74) is 2.37. The first kappa shape index (κ1) is 14.5. The number of thiazole rings is 1. The molecule has 0 bridgehead atoms. The molecule has 20 heavy (non-hydrogen) atoms. The number of unbranched alkanes of at least 4 members (excludes halogenated alkanes) is 1. The van der Waals surface area contributed by atoms with Crippen LogP contribution in [0.3, 0.4) is 0 Å². The van der Waals surface area contributed by atoms with E-state index in [2.05, 4.69) is 29.4 Å². The van der Waals surface area contributed by atoms with Gasteiger partial charge in [-0.2, -0.15) is 0 Å². The molecule has 0 spiro atoms. The molecule has 0 aliphatic heterocycles. The Hall–Kier alpha value is -1.88. The van der Waals surface area contributed by atoms with Gasteiger partial charge in [-0.15, -0.1) is 11.3 Å². The molecule has 0 unspecified atom stereocenters. The molecule has 4 nitrogen and oxygen atoms in total. The van der Waals surface area contributed by atoms with Crippen LogP contribution in [0.2, 0.25) is 0 Å².